The van der Waals surface area contributed by atoms with Gasteiger partial charge in [0.25, 0.3) is 0 Å². The van der Waals surface area contributed by atoms with Gasteiger partial charge in [0.05, 0.1) is 23.6 Å². The summed E-state index contributed by atoms with van der Waals surface area (Å²) in [5.41, 5.74) is 0. The van der Waals surface area contributed by atoms with Gasteiger partial charge in [-0.3, -0.25) is 4.90 Å². The van der Waals surface area contributed by atoms with Crippen molar-refractivity contribution in [1.29, 1.82) is 0 Å². The first-order valence-corrected chi connectivity index (χ1v) is 8.76. The van der Waals surface area contributed by atoms with Crippen LogP contribution in [0.4, 0.5) is 9.93 Å². The molecule has 0 unspecified atom stereocenters. The van der Waals surface area contributed by atoms with Gasteiger partial charge in [0, 0.05) is 6.42 Å². The van der Waals surface area contributed by atoms with Gasteiger partial charge in [-0.25, -0.2) is 13.2 Å². The van der Waals surface area contributed by atoms with Gasteiger partial charge in [-0.1, -0.05) is 18.3 Å². The monoisotopic (exact) mass is 302 g/mol. The number of nitrogens with zero attached hydrogens (tertiary/aromatic N) is 3. The number of anilines is 1. The SMILES string of the molecule is CCCc1nnc(N2C(=O)N[C@@H]3CS(=O)(=O)C[C@H]32)s1. The predicted molar refractivity (Wildman–Crippen MR) is 71.1 cm³/mol. The summed E-state index contributed by atoms with van der Waals surface area (Å²) >= 11 is 1.36. The Hall–Kier alpha value is -1.22. The second-order valence-corrected chi connectivity index (χ2v) is 7.99. The molecule has 104 valence electrons. The number of urea groups is 1. The maximum atomic E-state index is 11.9. The Morgan fingerprint density at radius 2 is 2.21 bits per heavy atom. The fourth-order valence-electron chi connectivity index (χ4n) is 2.49. The molecule has 2 fully saturated rings. The van der Waals surface area contributed by atoms with Crippen LogP contribution in [0.2, 0.25) is 0 Å². The standard InChI is InChI=1S/C10H14N4O3S2/c1-2-3-8-12-13-10(18-8)14-7-5-19(16,17)4-6(7)11-9(14)15/h6-7H,2-5H2,1H3,(H,11,15)/t6-,7-/m1/s1. The number of fused-ring (bicyclic) bond motifs is 1. The minimum atomic E-state index is -3.07. The predicted octanol–water partition coefficient (Wildman–Crippen LogP) is 0.186. The zero-order valence-electron chi connectivity index (χ0n) is 10.4. The molecule has 2 aliphatic rings. The van der Waals surface area contributed by atoms with Crippen molar-refractivity contribution < 1.29 is 13.2 Å². The van der Waals surface area contributed by atoms with Crippen LogP contribution in [0.5, 0.6) is 0 Å². The van der Waals surface area contributed by atoms with Crippen LogP contribution in [0.15, 0.2) is 0 Å². The number of carbonyl (C=O) groups is 1. The first kappa shape index (κ1) is 12.8. The topological polar surface area (TPSA) is 92.3 Å². The van der Waals surface area contributed by atoms with E-state index in [1.54, 1.807) is 0 Å². The van der Waals surface area contributed by atoms with Crippen molar-refractivity contribution >= 4 is 32.3 Å². The number of nitrogens with one attached hydrogen (secondary N) is 1. The van der Waals surface area contributed by atoms with E-state index in [-0.39, 0.29) is 29.6 Å². The fraction of sp³-hybridized carbons (Fsp3) is 0.700. The van der Waals surface area contributed by atoms with E-state index in [1.807, 2.05) is 6.92 Å². The quantitative estimate of drug-likeness (QED) is 0.804. The third-order valence-corrected chi connectivity index (χ3v) is 6.01. The van der Waals surface area contributed by atoms with Crippen molar-refractivity contribution in [3.05, 3.63) is 5.01 Å². The van der Waals surface area contributed by atoms with Crippen molar-refractivity contribution in [2.24, 2.45) is 0 Å². The molecule has 2 aliphatic heterocycles. The number of carbonyl (C=O) groups excluding carboxylic acids is 1. The van der Waals surface area contributed by atoms with Crippen molar-refractivity contribution in [2.75, 3.05) is 16.4 Å². The highest BCUT2D eigenvalue weighted by molar-refractivity contribution is 7.91. The molecule has 19 heavy (non-hydrogen) atoms. The molecule has 0 saturated carbocycles. The van der Waals surface area contributed by atoms with Gasteiger partial charge in [0.2, 0.25) is 5.13 Å². The zero-order chi connectivity index (χ0) is 13.6. The summed E-state index contributed by atoms with van der Waals surface area (Å²) in [6.45, 7) is 2.04. The molecule has 2 atom stereocenters. The Labute approximate surface area is 114 Å². The molecule has 7 nitrogen and oxygen atoms in total. The second kappa shape index (κ2) is 4.41. The third kappa shape index (κ3) is 2.20. The minimum absolute atomic E-state index is 0.000895. The van der Waals surface area contributed by atoms with Crippen molar-refractivity contribution in [2.45, 2.75) is 31.8 Å². The average Bonchev–Trinajstić information content (AvgIpc) is 2.92. The maximum Gasteiger partial charge on any atom is 0.324 e. The van der Waals surface area contributed by atoms with Crippen LogP contribution in [0, 0.1) is 0 Å². The molecule has 0 bridgehead atoms. The lowest BCUT2D eigenvalue weighted by Gasteiger charge is -2.16. The highest BCUT2D eigenvalue weighted by Gasteiger charge is 2.50. The summed E-state index contributed by atoms with van der Waals surface area (Å²) in [7, 11) is -3.07. The second-order valence-electron chi connectivity index (χ2n) is 4.80. The number of amides is 2. The van der Waals surface area contributed by atoms with Gasteiger partial charge in [0.15, 0.2) is 9.84 Å². The lowest BCUT2D eigenvalue weighted by molar-refractivity contribution is 0.251. The molecule has 9 heteroatoms. The molecular weight excluding hydrogens is 288 g/mol. The Kier molecular flexibility index (Phi) is 2.97. The van der Waals surface area contributed by atoms with Crippen LogP contribution in [0.25, 0.3) is 0 Å². The molecule has 1 aromatic heterocycles. The van der Waals surface area contributed by atoms with Gasteiger partial charge in [-0.05, 0) is 6.42 Å². The number of hydrogen-bond donors (Lipinski definition) is 1. The zero-order valence-corrected chi connectivity index (χ0v) is 12.0. The van der Waals surface area contributed by atoms with Crippen LogP contribution in [-0.2, 0) is 16.3 Å². The molecule has 0 aliphatic carbocycles. The van der Waals surface area contributed by atoms with Crippen LogP contribution in [0.1, 0.15) is 18.4 Å². The number of sulfone groups is 1. The van der Waals surface area contributed by atoms with Crippen molar-refractivity contribution in [1.82, 2.24) is 15.5 Å². The van der Waals surface area contributed by atoms with Crippen LogP contribution in [0.3, 0.4) is 0 Å². The molecule has 0 radical (unpaired) electrons. The van der Waals surface area contributed by atoms with E-state index in [0.717, 1.165) is 17.8 Å². The summed E-state index contributed by atoms with van der Waals surface area (Å²) in [5, 5.41) is 12.1. The van der Waals surface area contributed by atoms with Gasteiger partial charge < -0.3 is 5.32 Å². The fourth-order valence-corrected chi connectivity index (χ4v) is 5.37. The first-order chi connectivity index (χ1) is 9.00. The van der Waals surface area contributed by atoms with Crippen molar-refractivity contribution in [3.63, 3.8) is 0 Å². The molecule has 1 N–H and O–H groups in total. The lowest BCUT2D eigenvalue weighted by atomic mass is 10.2. The third-order valence-electron chi connectivity index (χ3n) is 3.31. The number of rotatable bonds is 3. The number of aryl methyl sites for hydroxylation is 1. The maximum absolute atomic E-state index is 11.9. The van der Waals surface area contributed by atoms with Crippen LogP contribution in [-0.4, -0.2) is 48.2 Å². The van der Waals surface area contributed by atoms with E-state index in [0.29, 0.717) is 5.13 Å². The van der Waals surface area contributed by atoms with Gasteiger partial charge in [0.1, 0.15) is 5.01 Å². The molecule has 3 rings (SSSR count). The molecule has 2 saturated heterocycles. The summed E-state index contributed by atoms with van der Waals surface area (Å²) in [4.78, 5) is 13.4. The molecule has 3 heterocycles. The summed E-state index contributed by atoms with van der Waals surface area (Å²) in [5.74, 6) is 0.0135. The lowest BCUT2D eigenvalue weighted by Crippen LogP contribution is -2.36. The molecule has 1 aromatic rings. The molecular formula is C10H14N4O3S2. The number of hydrogen-bond acceptors (Lipinski definition) is 6. The Morgan fingerprint density at radius 3 is 2.95 bits per heavy atom. The van der Waals surface area contributed by atoms with Crippen LogP contribution >= 0.6 is 11.3 Å². The van der Waals surface area contributed by atoms with Gasteiger partial charge in [-0.2, -0.15) is 0 Å². The average molecular weight is 302 g/mol. The van der Waals surface area contributed by atoms with Gasteiger partial charge in [-0.15, -0.1) is 10.2 Å². The Balaban J connectivity index is 1.88. The Bertz CT molecular complexity index is 612. The summed E-state index contributed by atoms with van der Waals surface area (Å²) < 4.78 is 23.2. The normalized spacial score (nSPS) is 28.5. The highest BCUT2D eigenvalue weighted by atomic mass is 32.2. The van der Waals surface area contributed by atoms with E-state index in [4.69, 9.17) is 0 Å². The smallest absolute Gasteiger partial charge is 0.324 e. The largest absolute Gasteiger partial charge is 0.332 e. The molecule has 2 amide bonds. The van der Waals surface area contributed by atoms with E-state index < -0.39 is 9.84 Å². The summed E-state index contributed by atoms with van der Waals surface area (Å²) in [6, 6.07) is -0.944. The Morgan fingerprint density at radius 1 is 1.42 bits per heavy atom. The van der Waals surface area contributed by atoms with Crippen LogP contribution < -0.4 is 10.2 Å². The minimum Gasteiger partial charge on any atom is -0.332 e. The van der Waals surface area contributed by atoms with E-state index in [9.17, 15) is 13.2 Å². The van der Waals surface area contributed by atoms with E-state index >= 15 is 0 Å². The van der Waals surface area contributed by atoms with Crippen molar-refractivity contribution in [3.8, 4) is 0 Å². The van der Waals surface area contributed by atoms with E-state index in [2.05, 4.69) is 15.5 Å². The molecule has 0 aromatic carbocycles. The van der Waals surface area contributed by atoms with Gasteiger partial charge >= 0.3 is 6.03 Å². The highest BCUT2D eigenvalue weighted by Crippen LogP contribution is 2.31. The number of aromatic nitrogens is 2. The molecule has 0 spiro atoms. The first-order valence-electron chi connectivity index (χ1n) is 6.12. The van der Waals surface area contributed by atoms with E-state index in [1.165, 1.54) is 16.2 Å². The summed E-state index contributed by atoms with van der Waals surface area (Å²) in [6.07, 6.45) is 1.78.